The van der Waals surface area contributed by atoms with Crippen LogP contribution < -0.4 is 4.74 Å². The van der Waals surface area contributed by atoms with Gasteiger partial charge < -0.3 is 14.7 Å². The van der Waals surface area contributed by atoms with Gasteiger partial charge in [-0.3, -0.25) is 4.79 Å². The topological polar surface area (TPSA) is 66.8 Å². The number of carboxylic acid groups (broad SMARTS) is 1. The van der Waals surface area contributed by atoms with E-state index in [-0.39, 0.29) is 24.1 Å². The quantitative estimate of drug-likeness (QED) is 0.890. The van der Waals surface area contributed by atoms with Crippen LogP contribution in [0.25, 0.3) is 0 Å². The molecule has 0 radical (unpaired) electrons. The van der Waals surface area contributed by atoms with Gasteiger partial charge in [0.15, 0.2) is 0 Å². The van der Waals surface area contributed by atoms with E-state index in [0.717, 1.165) is 5.56 Å². The number of benzene rings is 2. The van der Waals surface area contributed by atoms with E-state index in [1.165, 1.54) is 29.2 Å². The number of amides is 1. The smallest absolute Gasteiger partial charge is 0.326 e. The Hall–Kier alpha value is -2.89. The zero-order valence-electron chi connectivity index (χ0n) is 14.4. The van der Waals surface area contributed by atoms with Crippen LogP contribution in [0.4, 0.5) is 4.39 Å². The summed E-state index contributed by atoms with van der Waals surface area (Å²) >= 11 is 0. The molecule has 2 aromatic rings. The number of ether oxygens (including phenoxy) is 1. The minimum Gasteiger partial charge on any atom is -0.480 e. The second kappa shape index (κ2) is 7.56. The Kier molecular flexibility index (Phi) is 5.21. The molecule has 5 nitrogen and oxygen atoms in total. The van der Waals surface area contributed by atoms with Gasteiger partial charge in [0.25, 0.3) is 0 Å². The molecule has 136 valence electrons. The molecule has 1 N–H and O–H groups in total. The molecule has 0 aliphatic carbocycles. The summed E-state index contributed by atoms with van der Waals surface area (Å²) in [7, 11) is 0. The van der Waals surface area contributed by atoms with Gasteiger partial charge >= 0.3 is 5.97 Å². The third-order valence-corrected chi connectivity index (χ3v) is 4.44. The van der Waals surface area contributed by atoms with Crippen molar-refractivity contribution in [3.63, 3.8) is 0 Å². The Morgan fingerprint density at radius 3 is 2.27 bits per heavy atom. The summed E-state index contributed by atoms with van der Waals surface area (Å²) in [6, 6.07) is 12.0. The first kappa shape index (κ1) is 17.9. The number of rotatable bonds is 5. The van der Waals surface area contributed by atoms with Crippen molar-refractivity contribution in [1.29, 1.82) is 0 Å². The second-order valence-corrected chi connectivity index (χ2v) is 6.62. The molecule has 0 spiro atoms. The maximum atomic E-state index is 12.9. The Bertz CT molecular complexity index is 788. The number of carboxylic acids is 1. The van der Waals surface area contributed by atoms with Crippen molar-refractivity contribution in [1.82, 2.24) is 4.90 Å². The molecule has 2 aromatic carbocycles. The van der Waals surface area contributed by atoms with Crippen molar-refractivity contribution in [2.75, 3.05) is 6.54 Å². The Morgan fingerprint density at radius 2 is 1.69 bits per heavy atom. The fourth-order valence-electron chi connectivity index (χ4n) is 3.15. The first-order chi connectivity index (χ1) is 12.4. The summed E-state index contributed by atoms with van der Waals surface area (Å²) in [4.78, 5) is 25.3. The third-order valence-electron chi connectivity index (χ3n) is 4.44. The highest BCUT2D eigenvalue weighted by molar-refractivity contribution is 5.85. The predicted molar refractivity (Wildman–Crippen MR) is 93.5 cm³/mol. The van der Waals surface area contributed by atoms with Crippen molar-refractivity contribution in [3.8, 4) is 11.5 Å². The molecule has 1 fully saturated rings. The van der Waals surface area contributed by atoms with Crippen LogP contribution in [-0.4, -0.2) is 34.5 Å². The van der Waals surface area contributed by atoms with E-state index in [0.29, 0.717) is 24.5 Å². The molecular weight excluding hydrogens is 337 g/mol. The van der Waals surface area contributed by atoms with Crippen LogP contribution in [0.3, 0.4) is 0 Å². The molecule has 26 heavy (non-hydrogen) atoms. The van der Waals surface area contributed by atoms with Crippen molar-refractivity contribution in [2.45, 2.75) is 25.8 Å². The van der Waals surface area contributed by atoms with Crippen LogP contribution in [0.2, 0.25) is 0 Å². The van der Waals surface area contributed by atoms with Crippen LogP contribution in [0.1, 0.15) is 18.9 Å². The van der Waals surface area contributed by atoms with Gasteiger partial charge in [0.05, 0.1) is 6.42 Å². The molecule has 1 saturated heterocycles. The number of hydrogen-bond acceptors (Lipinski definition) is 3. The molecule has 2 atom stereocenters. The van der Waals surface area contributed by atoms with Gasteiger partial charge in [-0.25, -0.2) is 9.18 Å². The SMILES string of the molecule is C[C@@H]1CC(C(=O)O)N(C(=O)Cc2ccc(Oc3ccc(F)cc3)cc2)C1. The molecule has 3 rings (SSSR count). The molecule has 6 heteroatoms. The molecular formula is C20H20FNO4. The number of carbonyl (C=O) groups excluding carboxylic acids is 1. The highest BCUT2D eigenvalue weighted by Gasteiger charge is 2.37. The predicted octanol–water partition coefficient (Wildman–Crippen LogP) is 3.48. The molecule has 1 heterocycles. The lowest BCUT2D eigenvalue weighted by atomic mass is 10.1. The van der Waals surface area contributed by atoms with E-state index in [9.17, 15) is 19.1 Å². The fraction of sp³-hybridized carbons (Fsp3) is 0.300. The van der Waals surface area contributed by atoms with E-state index >= 15 is 0 Å². The highest BCUT2D eigenvalue weighted by Crippen LogP contribution is 2.25. The Morgan fingerprint density at radius 1 is 1.12 bits per heavy atom. The lowest BCUT2D eigenvalue weighted by Crippen LogP contribution is -2.41. The number of nitrogens with zero attached hydrogens (tertiary/aromatic N) is 1. The molecule has 1 unspecified atom stereocenters. The van der Waals surface area contributed by atoms with Gasteiger partial charge in [0.1, 0.15) is 23.4 Å². The van der Waals surface area contributed by atoms with Crippen LogP contribution in [0, 0.1) is 11.7 Å². The fourth-order valence-corrected chi connectivity index (χ4v) is 3.15. The van der Waals surface area contributed by atoms with Crippen molar-refractivity contribution < 1.29 is 23.8 Å². The van der Waals surface area contributed by atoms with E-state index in [4.69, 9.17) is 4.74 Å². The Balaban J connectivity index is 1.62. The summed E-state index contributed by atoms with van der Waals surface area (Å²) < 4.78 is 18.5. The van der Waals surface area contributed by atoms with Crippen LogP contribution >= 0.6 is 0 Å². The standard InChI is InChI=1S/C20H20FNO4/c1-13-10-18(20(24)25)22(12-13)19(23)11-14-2-6-16(7-3-14)26-17-8-4-15(21)5-9-17/h2-9,13,18H,10-12H2,1H3,(H,24,25)/t13-,18?/m1/s1. The maximum absolute atomic E-state index is 12.9. The number of aliphatic carboxylic acids is 1. The zero-order valence-corrected chi connectivity index (χ0v) is 14.4. The lowest BCUT2D eigenvalue weighted by molar-refractivity contribution is -0.148. The lowest BCUT2D eigenvalue weighted by Gasteiger charge is -2.21. The summed E-state index contributed by atoms with van der Waals surface area (Å²) in [5.41, 5.74) is 0.783. The first-order valence-corrected chi connectivity index (χ1v) is 8.47. The zero-order chi connectivity index (χ0) is 18.7. The minimum absolute atomic E-state index is 0.146. The summed E-state index contributed by atoms with van der Waals surface area (Å²) in [6.45, 7) is 2.42. The molecule has 1 aliphatic rings. The summed E-state index contributed by atoms with van der Waals surface area (Å²) in [6.07, 6.45) is 0.638. The number of hydrogen-bond donors (Lipinski definition) is 1. The van der Waals surface area contributed by atoms with Crippen LogP contribution in [0.5, 0.6) is 11.5 Å². The number of halogens is 1. The van der Waals surface area contributed by atoms with Crippen molar-refractivity contribution in [3.05, 3.63) is 59.9 Å². The number of carbonyl (C=O) groups is 2. The maximum Gasteiger partial charge on any atom is 0.326 e. The first-order valence-electron chi connectivity index (χ1n) is 8.47. The third kappa shape index (κ3) is 4.20. The van der Waals surface area contributed by atoms with Gasteiger partial charge in [-0.1, -0.05) is 19.1 Å². The van der Waals surface area contributed by atoms with Gasteiger partial charge in [-0.05, 0) is 54.3 Å². The highest BCUT2D eigenvalue weighted by atomic mass is 19.1. The summed E-state index contributed by atoms with van der Waals surface area (Å²) in [5.74, 6) is -0.190. The molecule has 0 saturated carbocycles. The van der Waals surface area contributed by atoms with E-state index in [2.05, 4.69) is 0 Å². The van der Waals surface area contributed by atoms with Gasteiger partial charge in [-0.2, -0.15) is 0 Å². The Labute approximate surface area is 151 Å². The minimum atomic E-state index is -0.953. The average molecular weight is 357 g/mol. The van der Waals surface area contributed by atoms with E-state index < -0.39 is 12.0 Å². The van der Waals surface area contributed by atoms with Gasteiger partial charge in [-0.15, -0.1) is 0 Å². The average Bonchev–Trinajstić information content (AvgIpc) is 3.01. The monoisotopic (exact) mass is 357 g/mol. The molecule has 0 bridgehead atoms. The van der Waals surface area contributed by atoms with Crippen LogP contribution in [0.15, 0.2) is 48.5 Å². The number of likely N-dealkylation sites (tertiary alicyclic amines) is 1. The van der Waals surface area contributed by atoms with Gasteiger partial charge in [0.2, 0.25) is 5.91 Å². The van der Waals surface area contributed by atoms with E-state index in [1.807, 2.05) is 6.92 Å². The molecule has 1 amide bonds. The van der Waals surface area contributed by atoms with Gasteiger partial charge in [0, 0.05) is 6.54 Å². The van der Waals surface area contributed by atoms with E-state index in [1.54, 1.807) is 24.3 Å². The normalized spacial score (nSPS) is 19.4. The summed E-state index contributed by atoms with van der Waals surface area (Å²) in [5, 5.41) is 9.28. The second-order valence-electron chi connectivity index (χ2n) is 6.62. The van der Waals surface area contributed by atoms with Crippen molar-refractivity contribution >= 4 is 11.9 Å². The largest absolute Gasteiger partial charge is 0.480 e. The molecule has 0 aromatic heterocycles. The van der Waals surface area contributed by atoms with Crippen molar-refractivity contribution in [2.24, 2.45) is 5.92 Å². The van der Waals surface area contributed by atoms with Crippen LogP contribution in [-0.2, 0) is 16.0 Å². The molecule has 1 aliphatic heterocycles.